The normalized spacial score (nSPS) is 47.7. The van der Waals surface area contributed by atoms with Gasteiger partial charge < -0.3 is 5.11 Å². The molecule has 2 nitrogen and oxygen atoms in total. The number of carbonyl (C=O) groups excluding carboxylic acids is 1. The van der Waals surface area contributed by atoms with Gasteiger partial charge in [-0.1, -0.05) is 39.2 Å². The summed E-state index contributed by atoms with van der Waals surface area (Å²) in [5.74, 6) is 3.50. The summed E-state index contributed by atoms with van der Waals surface area (Å²) >= 11 is 0. The van der Waals surface area contributed by atoms with Crippen molar-refractivity contribution in [2.45, 2.75) is 98.0 Å². The summed E-state index contributed by atoms with van der Waals surface area (Å²) in [6.07, 6.45) is 13.9. The topological polar surface area (TPSA) is 37.3 Å². The molecular formula is C25H40O2. The molecule has 0 aromatic rings. The Kier molecular flexibility index (Phi) is 5.11. The lowest BCUT2D eigenvalue weighted by molar-refractivity contribution is -0.123. The van der Waals surface area contributed by atoms with Gasteiger partial charge in [0.15, 0.2) is 5.78 Å². The molecule has 0 heterocycles. The Labute approximate surface area is 166 Å². The largest absolute Gasteiger partial charge is 0.393 e. The standard InChI is InChI=1S/C25H40O2/c1-5-6-7-17-15-25(4)18(14-23(17)27)8-9-19-21-11-10-20(16(2)26)24(21,3)13-12-22(19)25/h14,16-17,19-22,26H,5-13,15H2,1-4H3/t16?,17?,19-,20+,21-,22-,24+,25-/m0/s1. The van der Waals surface area contributed by atoms with Crippen LogP contribution in [0.15, 0.2) is 11.6 Å². The summed E-state index contributed by atoms with van der Waals surface area (Å²) in [5, 5.41) is 10.4. The maximum atomic E-state index is 12.7. The first kappa shape index (κ1) is 19.7. The van der Waals surface area contributed by atoms with Crippen LogP contribution in [-0.2, 0) is 4.79 Å². The van der Waals surface area contributed by atoms with Crippen LogP contribution in [0.5, 0.6) is 0 Å². The number of ketones is 1. The molecule has 0 amide bonds. The van der Waals surface area contributed by atoms with E-state index in [1.54, 1.807) is 0 Å². The number of aliphatic hydroxyl groups is 1. The minimum Gasteiger partial charge on any atom is -0.393 e. The van der Waals surface area contributed by atoms with Crippen LogP contribution in [0.4, 0.5) is 0 Å². The van der Waals surface area contributed by atoms with E-state index in [1.807, 2.05) is 6.92 Å². The SMILES string of the molecule is CCCCC1C[C@@]2(C)C(=CC1=O)CC[C@H]1[C@@H]3CC[C@H](C(C)O)[C@@]3(C)CC[C@@H]12. The monoisotopic (exact) mass is 372 g/mol. The molecule has 0 aromatic heterocycles. The third-order valence-corrected chi connectivity index (χ3v) is 9.69. The molecule has 2 heteroatoms. The molecule has 0 aliphatic heterocycles. The fraction of sp³-hybridized carbons (Fsp3) is 0.880. The summed E-state index contributed by atoms with van der Waals surface area (Å²) in [4.78, 5) is 12.7. The molecule has 0 aromatic carbocycles. The highest BCUT2D eigenvalue weighted by atomic mass is 16.3. The first-order chi connectivity index (χ1) is 12.8. The van der Waals surface area contributed by atoms with Crippen LogP contribution in [0.3, 0.4) is 0 Å². The smallest absolute Gasteiger partial charge is 0.158 e. The Bertz CT molecular complexity index is 620. The second kappa shape index (κ2) is 7.01. The molecule has 1 N–H and O–H groups in total. The van der Waals surface area contributed by atoms with E-state index in [9.17, 15) is 9.90 Å². The van der Waals surface area contributed by atoms with Crippen molar-refractivity contribution in [1.82, 2.24) is 0 Å². The lowest BCUT2D eigenvalue weighted by Crippen LogP contribution is -2.52. The maximum absolute atomic E-state index is 12.7. The number of aliphatic hydroxyl groups excluding tert-OH is 1. The molecule has 152 valence electrons. The highest BCUT2D eigenvalue weighted by Gasteiger charge is 2.60. The number of allylic oxidation sites excluding steroid dienone is 1. The van der Waals surface area contributed by atoms with Crippen LogP contribution in [0, 0.1) is 40.4 Å². The minimum absolute atomic E-state index is 0.170. The molecular weight excluding hydrogens is 332 g/mol. The van der Waals surface area contributed by atoms with Gasteiger partial charge in [0.1, 0.15) is 0 Å². The quantitative estimate of drug-likeness (QED) is 0.664. The van der Waals surface area contributed by atoms with Crippen LogP contribution in [0.25, 0.3) is 0 Å². The van der Waals surface area contributed by atoms with Crippen LogP contribution >= 0.6 is 0 Å². The Morgan fingerprint density at radius 2 is 1.96 bits per heavy atom. The van der Waals surface area contributed by atoms with E-state index in [0.29, 0.717) is 17.1 Å². The third-order valence-electron chi connectivity index (χ3n) is 9.69. The number of fused-ring (bicyclic) bond motifs is 5. The van der Waals surface area contributed by atoms with Crippen molar-refractivity contribution in [2.24, 2.45) is 40.4 Å². The van der Waals surface area contributed by atoms with Gasteiger partial charge in [0, 0.05) is 5.92 Å². The first-order valence-corrected chi connectivity index (χ1v) is 11.7. The molecule has 2 unspecified atom stereocenters. The van der Waals surface area contributed by atoms with Gasteiger partial charge in [0.05, 0.1) is 6.10 Å². The van der Waals surface area contributed by atoms with Crippen molar-refractivity contribution in [1.29, 1.82) is 0 Å². The first-order valence-electron chi connectivity index (χ1n) is 11.7. The average Bonchev–Trinajstić information content (AvgIpc) is 2.98. The van der Waals surface area contributed by atoms with E-state index < -0.39 is 0 Å². The van der Waals surface area contributed by atoms with Crippen molar-refractivity contribution in [3.05, 3.63) is 11.6 Å². The predicted octanol–water partition coefficient (Wildman–Crippen LogP) is 5.93. The zero-order chi connectivity index (χ0) is 19.4. The van der Waals surface area contributed by atoms with Crippen LogP contribution in [0.2, 0.25) is 0 Å². The molecule has 8 atom stereocenters. The number of unbranched alkanes of at least 4 members (excludes halogenated alkanes) is 1. The van der Waals surface area contributed by atoms with Crippen molar-refractivity contribution < 1.29 is 9.90 Å². The Hall–Kier alpha value is -0.630. The van der Waals surface area contributed by atoms with Crippen molar-refractivity contribution in [2.75, 3.05) is 0 Å². The zero-order valence-corrected chi connectivity index (χ0v) is 18.0. The number of hydrogen-bond donors (Lipinski definition) is 1. The van der Waals surface area contributed by atoms with Gasteiger partial charge in [0.2, 0.25) is 0 Å². The van der Waals surface area contributed by atoms with Gasteiger partial charge in [0.25, 0.3) is 0 Å². The minimum atomic E-state index is -0.170. The molecule has 0 saturated heterocycles. The number of hydrogen-bond acceptors (Lipinski definition) is 2. The Morgan fingerprint density at radius 3 is 2.67 bits per heavy atom. The Morgan fingerprint density at radius 1 is 1.19 bits per heavy atom. The molecule has 0 bridgehead atoms. The van der Waals surface area contributed by atoms with Gasteiger partial charge in [-0.2, -0.15) is 0 Å². The fourth-order valence-electron chi connectivity index (χ4n) is 8.28. The van der Waals surface area contributed by atoms with E-state index in [2.05, 4.69) is 26.8 Å². The maximum Gasteiger partial charge on any atom is 0.158 e. The highest BCUT2D eigenvalue weighted by Crippen LogP contribution is 2.67. The number of rotatable bonds is 4. The van der Waals surface area contributed by atoms with E-state index in [4.69, 9.17) is 0 Å². The summed E-state index contributed by atoms with van der Waals surface area (Å²) in [7, 11) is 0. The second-order valence-electron chi connectivity index (χ2n) is 10.9. The zero-order valence-electron chi connectivity index (χ0n) is 18.0. The van der Waals surface area contributed by atoms with Crippen LogP contribution < -0.4 is 0 Å². The number of carbonyl (C=O) groups is 1. The lowest BCUT2D eigenvalue weighted by atomic mass is 9.46. The molecule has 4 rings (SSSR count). The average molecular weight is 373 g/mol. The van der Waals surface area contributed by atoms with Crippen LogP contribution in [-0.4, -0.2) is 17.0 Å². The molecule has 0 radical (unpaired) electrons. The van der Waals surface area contributed by atoms with Gasteiger partial charge in [-0.05, 0) is 98.9 Å². The van der Waals surface area contributed by atoms with Crippen LogP contribution in [0.1, 0.15) is 91.9 Å². The molecule has 4 aliphatic rings. The second-order valence-corrected chi connectivity index (χ2v) is 10.9. The van der Waals surface area contributed by atoms with E-state index in [0.717, 1.165) is 37.0 Å². The summed E-state index contributed by atoms with van der Waals surface area (Å²) in [6.45, 7) is 9.23. The summed E-state index contributed by atoms with van der Waals surface area (Å²) in [5.41, 5.74) is 2.06. The fourth-order valence-corrected chi connectivity index (χ4v) is 8.28. The molecule has 4 aliphatic carbocycles. The lowest BCUT2D eigenvalue weighted by Gasteiger charge is -2.59. The summed E-state index contributed by atoms with van der Waals surface area (Å²) in [6, 6.07) is 0. The van der Waals surface area contributed by atoms with Crippen molar-refractivity contribution >= 4 is 5.78 Å². The van der Waals surface area contributed by atoms with E-state index >= 15 is 0 Å². The van der Waals surface area contributed by atoms with E-state index in [1.165, 1.54) is 50.5 Å². The predicted molar refractivity (Wildman–Crippen MR) is 110 cm³/mol. The molecule has 27 heavy (non-hydrogen) atoms. The van der Waals surface area contributed by atoms with Gasteiger partial charge in [-0.3, -0.25) is 4.79 Å². The molecule has 0 spiro atoms. The summed E-state index contributed by atoms with van der Waals surface area (Å²) < 4.78 is 0. The van der Waals surface area contributed by atoms with Gasteiger partial charge in [-0.25, -0.2) is 0 Å². The van der Waals surface area contributed by atoms with Gasteiger partial charge in [-0.15, -0.1) is 0 Å². The van der Waals surface area contributed by atoms with Gasteiger partial charge >= 0.3 is 0 Å². The van der Waals surface area contributed by atoms with E-state index in [-0.39, 0.29) is 17.4 Å². The van der Waals surface area contributed by atoms with Crippen molar-refractivity contribution in [3.63, 3.8) is 0 Å². The molecule has 3 saturated carbocycles. The van der Waals surface area contributed by atoms with Crippen molar-refractivity contribution in [3.8, 4) is 0 Å². The third kappa shape index (κ3) is 2.96. The molecule has 3 fully saturated rings. The highest BCUT2D eigenvalue weighted by molar-refractivity contribution is 5.93. The Balaban J connectivity index is 1.61.